The highest BCUT2D eigenvalue weighted by molar-refractivity contribution is 8.13. The van der Waals surface area contributed by atoms with Crippen LogP contribution in [-0.4, -0.2) is 20.2 Å². The van der Waals surface area contributed by atoms with Gasteiger partial charge < -0.3 is 0 Å². The van der Waals surface area contributed by atoms with Crippen molar-refractivity contribution in [3.8, 4) is 0 Å². The Hall–Kier alpha value is -2.18. The third-order valence-electron chi connectivity index (χ3n) is 4.71. The minimum atomic E-state index is -4.00. The summed E-state index contributed by atoms with van der Waals surface area (Å²) in [6, 6.07) is 9.50. The Balaban J connectivity index is 2.23. The van der Waals surface area contributed by atoms with Gasteiger partial charge in [0.05, 0.1) is 21.7 Å². The van der Waals surface area contributed by atoms with E-state index in [1.165, 1.54) is 23.1 Å². The molecule has 0 aromatic heterocycles. The van der Waals surface area contributed by atoms with Crippen LogP contribution in [0, 0.1) is 0 Å². The maximum atomic E-state index is 13.1. The molecule has 2 amide bonds. The molecule has 142 valence electrons. The van der Waals surface area contributed by atoms with Crippen LogP contribution in [0.3, 0.4) is 0 Å². The Morgan fingerprint density at radius 2 is 1.37 bits per heavy atom. The molecule has 1 aliphatic heterocycles. The van der Waals surface area contributed by atoms with Gasteiger partial charge in [0, 0.05) is 10.7 Å². The van der Waals surface area contributed by atoms with Crippen molar-refractivity contribution in [2.75, 3.05) is 4.90 Å². The van der Waals surface area contributed by atoms with Gasteiger partial charge in [0.25, 0.3) is 20.9 Å². The van der Waals surface area contributed by atoms with Gasteiger partial charge in [-0.05, 0) is 41.2 Å². The number of anilines is 1. The molecule has 0 fully saturated rings. The molecule has 1 aliphatic rings. The predicted molar refractivity (Wildman–Crippen MR) is 105 cm³/mol. The van der Waals surface area contributed by atoms with E-state index in [9.17, 15) is 18.0 Å². The summed E-state index contributed by atoms with van der Waals surface area (Å²) in [6.07, 6.45) is 0. The topological polar surface area (TPSA) is 71.5 Å². The molecular weight excluding hydrogens is 386 g/mol. The molecule has 2 aromatic rings. The number of carbonyl (C=O) groups excluding carboxylic acids is 2. The first-order valence-corrected chi connectivity index (χ1v) is 10.9. The van der Waals surface area contributed by atoms with Crippen LogP contribution in [0.5, 0.6) is 0 Å². The molecule has 0 bridgehead atoms. The van der Waals surface area contributed by atoms with Crippen molar-refractivity contribution in [3.05, 3.63) is 58.7 Å². The van der Waals surface area contributed by atoms with Gasteiger partial charge in [0.2, 0.25) is 0 Å². The minimum Gasteiger partial charge on any atom is -0.268 e. The summed E-state index contributed by atoms with van der Waals surface area (Å²) in [5, 5.41) is 0. The average Bonchev–Trinajstić information content (AvgIpc) is 2.83. The third kappa shape index (κ3) is 3.28. The van der Waals surface area contributed by atoms with Crippen LogP contribution in [-0.2, 0) is 9.05 Å². The molecule has 7 heteroatoms. The van der Waals surface area contributed by atoms with E-state index in [-0.39, 0.29) is 27.9 Å². The fourth-order valence-corrected chi connectivity index (χ4v) is 4.12. The summed E-state index contributed by atoms with van der Waals surface area (Å²) < 4.78 is 23.2. The fourth-order valence-electron chi connectivity index (χ4n) is 3.34. The molecule has 0 N–H and O–H groups in total. The third-order valence-corrected chi connectivity index (χ3v) is 6.06. The maximum Gasteiger partial charge on any atom is 0.266 e. The van der Waals surface area contributed by atoms with Gasteiger partial charge in [-0.1, -0.05) is 45.9 Å². The standard InChI is InChI=1S/C20H20ClNO4S/c1-11(2)14-6-5-7-15(12(3)4)18(14)22-19(23)16-9-8-13(27(21,25)26)10-17(16)20(22)24/h5-12H,1-4H3. The number of amides is 2. The average molecular weight is 406 g/mol. The summed E-state index contributed by atoms with van der Waals surface area (Å²) >= 11 is 0. The van der Waals surface area contributed by atoms with Gasteiger partial charge in [0.15, 0.2) is 0 Å². The van der Waals surface area contributed by atoms with Crippen LogP contribution < -0.4 is 4.90 Å². The number of para-hydroxylation sites is 1. The van der Waals surface area contributed by atoms with E-state index in [4.69, 9.17) is 10.7 Å². The van der Waals surface area contributed by atoms with Crippen LogP contribution in [0.2, 0.25) is 0 Å². The zero-order valence-corrected chi connectivity index (χ0v) is 17.1. The second-order valence-corrected chi connectivity index (χ2v) is 9.75. The van der Waals surface area contributed by atoms with Gasteiger partial charge in [-0.25, -0.2) is 13.3 Å². The van der Waals surface area contributed by atoms with Crippen molar-refractivity contribution in [1.29, 1.82) is 0 Å². The van der Waals surface area contributed by atoms with E-state index in [1.807, 2.05) is 45.9 Å². The highest BCUT2D eigenvalue weighted by Gasteiger charge is 2.40. The van der Waals surface area contributed by atoms with E-state index >= 15 is 0 Å². The SMILES string of the molecule is CC(C)c1cccc(C(C)C)c1N1C(=O)c2ccc(S(=O)(=O)Cl)cc2C1=O. The lowest BCUT2D eigenvalue weighted by atomic mass is 9.92. The maximum absolute atomic E-state index is 13.1. The van der Waals surface area contributed by atoms with E-state index in [1.54, 1.807) is 0 Å². The number of fused-ring (bicyclic) bond motifs is 1. The second-order valence-electron chi connectivity index (χ2n) is 7.19. The Kier molecular flexibility index (Phi) is 4.91. The van der Waals surface area contributed by atoms with Crippen LogP contribution in [0.15, 0.2) is 41.3 Å². The molecule has 0 atom stereocenters. The van der Waals surface area contributed by atoms with E-state index in [0.29, 0.717) is 5.69 Å². The number of hydrogen-bond acceptors (Lipinski definition) is 4. The van der Waals surface area contributed by atoms with Gasteiger partial charge in [-0.15, -0.1) is 0 Å². The van der Waals surface area contributed by atoms with Gasteiger partial charge in [0.1, 0.15) is 0 Å². The van der Waals surface area contributed by atoms with E-state index in [2.05, 4.69) is 0 Å². The fraction of sp³-hybridized carbons (Fsp3) is 0.300. The lowest BCUT2D eigenvalue weighted by molar-refractivity contribution is 0.0925. The van der Waals surface area contributed by atoms with Crippen LogP contribution in [0.25, 0.3) is 0 Å². The molecule has 0 aliphatic carbocycles. The zero-order chi connectivity index (χ0) is 20.1. The molecule has 3 rings (SSSR count). The van der Waals surface area contributed by atoms with Crippen LogP contribution >= 0.6 is 10.7 Å². The summed E-state index contributed by atoms with van der Waals surface area (Å²) in [6.45, 7) is 8.00. The Labute approximate surface area is 163 Å². The summed E-state index contributed by atoms with van der Waals surface area (Å²) in [7, 11) is 1.39. The Bertz CT molecular complexity index is 1030. The van der Waals surface area contributed by atoms with Crippen molar-refractivity contribution in [1.82, 2.24) is 0 Å². The molecule has 0 radical (unpaired) electrons. The van der Waals surface area contributed by atoms with Crippen LogP contribution in [0.4, 0.5) is 5.69 Å². The molecular formula is C20H20ClNO4S. The number of imide groups is 1. The smallest absolute Gasteiger partial charge is 0.266 e. The molecule has 0 saturated carbocycles. The van der Waals surface area contributed by atoms with Gasteiger partial charge >= 0.3 is 0 Å². The highest BCUT2D eigenvalue weighted by atomic mass is 35.7. The summed E-state index contributed by atoms with van der Waals surface area (Å²) in [5.74, 6) is -0.792. The van der Waals surface area contributed by atoms with E-state index in [0.717, 1.165) is 11.1 Å². The number of benzene rings is 2. The molecule has 1 heterocycles. The molecule has 2 aromatic carbocycles. The second kappa shape index (κ2) is 6.77. The largest absolute Gasteiger partial charge is 0.268 e. The van der Waals surface area contributed by atoms with Crippen LogP contribution in [0.1, 0.15) is 71.4 Å². The number of carbonyl (C=O) groups is 2. The quantitative estimate of drug-likeness (QED) is 0.547. The first-order valence-electron chi connectivity index (χ1n) is 8.64. The highest BCUT2D eigenvalue weighted by Crippen LogP contribution is 2.39. The van der Waals surface area contributed by atoms with Gasteiger partial charge in [-0.2, -0.15) is 0 Å². The summed E-state index contributed by atoms with van der Waals surface area (Å²) in [4.78, 5) is 27.1. The number of hydrogen-bond donors (Lipinski definition) is 0. The first-order chi connectivity index (χ1) is 12.5. The van der Waals surface area contributed by atoms with Crippen molar-refractivity contribution in [2.45, 2.75) is 44.4 Å². The Morgan fingerprint density at radius 3 is 1.85 bits per heavy atom. The molecule has 0 spiro atoms. The molecule has 0 unspecified atom stereocenters. The number of rotatable bonds is 4. The van der Waals surface area contributed by atoms with Crippen molar-refractivity contribution in [3.63, 3.8) is 0 Å². The number of nitrogens with zero attached hydrogens (tertiary/aromatic N) is 1. The Morgan fingerprint density at radius 1 is 0.852 bits per heavy atom. The summed E-state index contributed by atoms with van der Waals surface area (Å²) in [5.41, 5.74) is 2.60. The van der Waals surface area contributed by atoms with Crippen molar-refractivity contribution >= 4 is 37.2 Å². The van der Waals surface area contributed by atoms with E-state index < -0.39 is 20.9 Å². The molecule has 0 saturated heterocycles. The predicted octanol–water partition coefficient (Wildman–Crippen LogP) is 4.66. The molecule has 27 heavy (non-hydrogen) atoms. The van der Waals surface area contributed by atoms with Crippen molar-refractivity contribution < 1.29 is 18.0 Å². The van der Waals surface area contributed by atoms with Crippen molar-refractivity contribution in [2.24, 2.45) is 0 Å². The normalized spacial score (nSPS) is 14.4. The molecule has 5 nitrogen and oxygen atoms in total. The minimum absolute atomic E-state index is 0.0509. The first kappa shape index (κ1) is 19.6. The van der Waals surface area contributed by atoms with Gasteiger partial charge in [-0.3, -0.25) is 9.59 Å². The number of halogens is 1. The monoisotopic (exact) mass is 405 g/mol. The lowest BCUT2D eigenvalue weighted by Crippen LogP contribution is -2.31. The zero-order valence-electron chi connectivity index (χ0n) is 15.5. The lowest BCUT2D eigenvalue weighted by Gasteiger charge is -2.25.